The second-order valence-electron chi connectivity index (χ2n) is 2.93. The van der Waals surface area contributed by atoms with E-state index in [1.807, 2.05) is 22.3 Å². The summed E-state index contributed by atoms with van der Waals surface area (Å²) in [5, 5.41) is 7.42. The zero-order valence-electron chi connectivity index (χ0n) is 7.81. The molecule has 4 heteroatoms. The Morgan fingerprint density at radius 1 is 1.20 bits per heavy atom. The van der Waals surface area contributed by atoms with Crippen LogP contribution in [-0.2, 0) is 0 Å². The predicted molar refractivity (Wildman–Crippen MR) is 70.5 cm³/mol. The molecule has 0 atom stereocenters. The number of benzene rings is 1. The molecule has 15 heavy (non-hydrogen) atoms. The molecule has 1 N–H and O–H groups in total. The highest BCUT2D eigenvalue weighted by Gasteiger charge is 2.04. The first kappa shape index (κ1) is 10.2. The molecule has 0 unspecified atom stereocenters. The Labute approximate surface area is 101 Å². The maximum absolute atomic E-state index is 7.42. The number of hydrogen-bond acceptors (Lipinski definition) is 3. The molecule has 0 aliphatic rings. The summed E-state index contributed by atoms with van der Waals surface area (Å²) in [5.41, 5.74) is 3.40. The first-order chi connectivity index (χ1) is 7.36. The van der Waals surface area contributed by atoms with Crippen molar-refractivity contribution in [1.82, 2.24) is 9.97 Å². The van der Waals surface area contributed by atoms with Crippen LogP contribution in [0.15, 0.2) is 28.6 Å². The number of nitrogens with one attached hydrogen (secondary N) is 1. The second kappa shape index (κ2) is 4.48. The summed E-state index contributed by atoms with van der Waals surface area (Å²) >= 11 is 2.16. The summed E-state index contributed by atoms with van der Waals surface area (Å²) in [6, 6.07) is 3.87. The third kappa shape index (κ3) is 1.90. The predicted octanol–water partition coefficient (Wildman–Crippen LogP) is 3.03. The van der Waals surface area contributed by atoms with Gasteiger partial charge < -0.3 is 5.41 Å². The number of halogens is 1. The van der Waals surface area contributed by atoms with Crippen LogP contribution in [0.4, 0.5) is 0 Å². The van der Waals surface area contributed by atoms with Gasteiger partial charge in [0.25, 0.3) is 0 Å². The molecule has 0 radical (unpaired) electrons. The van der Waals surface area contributed by atoms with Crippen LogP contribution in [0.1, 0.15) is 11.1 Å². The molecule has 1 heterocycles. The zero-order chi connectivity index (χ0) is 10.7. The van der Waals surface area contributed by atoms with E-state index in [2.05, 4.69) is 32.6 Å². The van der Waals surface area contributed by atoms with Crippen molar-refractivity contribution < 1.29 is 0 Å². The summed E-state index contributed by atoms with van der Waals surface area (Å²) in [4.78, 5) is 8.44. The van der Waals surface area contributed by atoms with Crippen molar-refractivity contribution in [1.29, 1.82) is 5.41 Å². The van der Waals surface area contributed by atoms with E-state index in [1.54, 1.807) is 12.4 Å². The van der Waals surface area contributed by atoms with Crippen LogP contribution in [0.2, 0.25) is 0 Å². The van der Waals surface area contributed by atoms with Crippen LogP contribution in [0.5, 0.6) is 0 Å². The van der Waals surface area contributed by atoms with Gasteiger partial charge in [0.15, 0.2) is 0 Å². The van der Waals surface area contributed by atoms with Gasteiger partial charge in [-0.1, -0.05) is 28.7 Å². The highest BCUT2D eigenvalue weighted by atomic mass is 127. The fourth-order valence-corrected chi connectivity index (χ4v) is 1.83. The van der Waals surface area contributed by atoms with Gasteiger partial charge in [-0.25, -0.2) is 0 Å². The quantitative estimate of drug-likeness (QED) is 0.685. The molecular formula is C11H8IN3. The Kier molecular flexibility index (Phi) is 3.05. The monoisotopic (exact) mass is 309 g/mol. The average molecular weight is 309 g/mol. The number of fused-ring (bicyclic) bond motifs is 1. The average Bonchev–Trinajstić information content (AvgIpc) is 2.29. The number of nitrogens with zero attached hydrogens (tertiary/aromatic N) is 2. The van der Waals surface area contributed by atoms with Gasteiger partial charge in [-0.2, -0.15) is 0 Å². The standard InChI is InChI=1S/C11H8IN3/c12-4-3-8-1-2-10-11(9(8)7-13)15-6-5-14-10/h1-7,13H/b4-3-,13-7?. The van der Waals surface area contributed by atoms with Crippen molar-refractivity contribution in [2.45, 2.75) is 0 Å². The molecular weight excluding hydrogens is 301 g/mol. The minimum atomic E-state index is 0.777. The first-order valence-electron chi connectivity index (χ1n) is 4.38. The molecule has 2 aromatic rings. The van der Waals surface area contributed by atoms with E-state index < -0.39 is 0 Å². The molecule has 0 spiro atoms. The molecule has 0 amide bonds. The van der Waals surface area contributed by atoms with Crippen LogP contribution >= 0.6 is 22.6 Å². The van der Waals surface area contributed by atoms with Crippen molar-refractivity contribution in [3.8, 4) is 0 Å². The fraction of sp³-hybridized carbons (Fsp3) is 0. The van der Waals surface area contributed by atoms with Gasteiger partial charge >= 0.3 is 0 Å². The van der Waals surface area contributed by atoms with E-state index in [0.717, 1.165) is 22.2 Å². The lowest BCUT2D eigenvalue weighted by Gasteiger charge is -2.03. The van der Waals surface area contributed by atoms with Gasteiger partial charge in [-0.05, 0) is 21.8 Å². The minimum absolute atomic E-state index is 0.777. The zero-order valence-corrected chi connectivity index (χ0v) is 9.97. The van der Waals surface area contributed by atoms with Gasteiger partial charge in [-0.15, -0.1) is 0 Å². The molecule has 0 fully saturated rings. The maximum atomic E-state index is 7.42. The molecule has 1 aromatic carbocycles. The molecule has 0 aliphatic heterocycles. The van der Waals surface area contributed by atoms with E-state index in [0.29, 0.717) is 0 Å². The van der Waals surface area contributed by atoms with Crippen molar-refractivity contribution in [2.24, 2.45) is 0 Å². The van der Waals surface area contributed by atoms with E-state index >= 15 is 0 Å². The Hall–Kier alpha value is -1.30. The van der Waals surface area contributed by atoms with Crippen molar-refractivity contribution >= 4 is 45.9 Å². The first-order valence-corrected chi connectivity index (χ1v) is 5.62. The minimum Gasteiger partial charge on any atom is -0.308 e. The number of rotatable bonds is 2. The topological polar surface area (TPSA) is 49.6 Å². The van der Waals surface area contributed by atoms with Crippen LogP contribution in [0, 0.1) is 5.41 Å². The molecule has 0 saturated heterocycles. The van der Waals surface area contributed by atoms with Crippen LogP contribution in [0.3, 0.4) is 0 Å². The second-order valence-corrected chi connectivity index (χ2v) is 3.65. The van der Waals surface area contributed by atoms with Crippen molar-refractivity contribution in [2.75, 3.05) is 0 Å². The van der Waals surface area contributed by atoms with E-state index in [9.17, 15) is 0 Å². The van der Waals surface area contributed by atoms with Gasteiger partial charge in [-0.3, -0.25) is 9.97 Å². The summed E-state index contributed by atoms with van der Waals surface area (Å²) in [7, 11) is 0. The largest absolute Gasteiger partial charge is 0.308 e. The van der Waals surface area contributed by atoms with Gasteiger partial charge in [0.1, 0.15) is 0 Å². The Morgan fingerprint density at radius 2 is 2.00 bits per heavy atom. The summed E-state index contributed by atoms with van der Waals surface area (Å²) in [5.74, 6) is 0. The molecule has 1 aromatic heterocycles. The highest BCUT2D eigenvalue weighted by Crippen LogP contribution is 2.18. The summed E-state index contributed by atoms with van der Waals surface area (Å²) < 4.78 is 1.92. The Morgan fingerprint density at radius 3 is 2.73 bits per heavy atom. The van der Waals surface area contributed by atoms with Gasteiger partial charge in [0.2, 0.25) is 0 Å². The van der Waals surface area contributed by atoms with Crippen LogP contribution in [0.25, 0.3) is 17.1 Å². The molecule has 2 rings (SSSR count). The molecule has 0 saturated carbocycles. The lowest BCUT2D eigenvalue weighted by atomic mass is 10.1. The van der Waals surface area contributed by atoms with Crippen molar-refractivity contribution in [3.63, 3.8) is 0 Å². The van der Waals surface area contributed by atoms with Crippen LogP contribution < -0.4 is 0 Å². The number of hydrogen-bond donors (Lipinski definition) is 1. The van der Waals surface area contributed by atoms with E-state index in [4.69, 9.17) is 5.41 Å². The van der Waals surface area contributed by atoms with Crippen molar-refractivity contribution in [3.05, 3.63) is 39.7 Å². The molecule has 74 valence electrons. The van der Waals surface area contributed by atoms with Gasteiger partial charge in [0, 0.05) is 24.2 Å². The summed E-state index contributed by atoms with van der Waals surface area (Å²) in [6.07, 6.45) is 6.58. The maximum Gasteiger partial charge on any atom is 0.0980 e. The fourth-order valence-electron chi connectivity index (χ4n) is 1.44. The molecule has 0 aliphatic carbocycles. The van der Waals surface area contributed by atoms with Gasteiger partial charge in [0.05, 0.1) is 11.0 Å². The third-order valence-electron chi connectivity index (χ3n) is 2.10. The normalized spacial score (nSPS) is 11.0. The lowest BCUT2D eigenvalue weighted by Crippen LogP contribution is -1.92. The molecule has 3 nitrogen and oxygen atoms in total. The number of aromatic nitrogens is 2. The Bertz CT molecular complexity index is 534. The van der Waals surface area contributed by atoms with E-state index in [1.165, 1.54) is 6.21 Å². The summed E-state index contributed by atoms with van der Waals surface area (Å²) in [6.45, 7) is 0. The van der Waals surface area contributed by atoms with Crippen LogP contribution in [-0.4, -0.2) is 16.2 Å². The third-order valence-corrected chi connectivity index (χ3v) is 2.46. The van der Waals surface area contributed by atoms with E-state index in [-0.39, 0.29) is 0 Å². The molecule has 0 bridgehead atoms. The SMILES string of the molecule is N=Cc1c(/C=C\I)ccc2nccnc12. The highest BCUT2D eigenvalue weighted by molar-refractivity contribution is 14.1. The lowest BCUT2D eigenvalue weighted by molar-refractivity contribution is 1.29. The smallest absolute Gasteiger partial charge is 0.0980 e. The Balaban J connectivity index is 2.81.